The van der Waals surface area contributed by atoms with Crippen molar-refractivity contribution in [2.75, 3.05) is 19.8 Å². The molecule has 0 aliphatic carbocycles. The Morgan fingerprint density at radius 2 is 2.29 bits per heavy atom. The van der Waals surface area contributed by atoms with Crippen molar-refractivity contribution in [2.24, 2.45) is 5.92 Å². The minimum Gasteiger partial charge on any atom is -0.481 e. The number of carbonyl (C=O) groups is 2. The van der Waals surface area contributed by atoms with Crippen LogP contribution in [0.3, 0.4) is 0 Å². The van der Waals surface area contributed by atoms with E-state index in [0.717, 1.165) is 0 Å². The van der Waals surface area contributed by atoms with E-state index >= 15 is 0 Å². The smallest absolute Gasteiger partial charge is 0.407 e. The maximum absolute atomic E-state index is 11.0. The lowest BCUT2D eigenvalue weighted by atomic mass is 10.1. The third-order valence-corrected chi connectivity index (χ3v) is 1.98. The molecule has 1 aliphatic heterocycles. The molecule has 6 nitrogen and oxygen atoms in total. The second kappa shape index (κ2) is 4.80. The van der Waals surface area contributed by atoms with Gasteiger partial charge >= 0.3 is 12.1 Å². The Balaban J connectivity index is 2.43. The van der Waals surface area contributed by atoms with E-state index in [1.165, 1.54) is 0 Å². The number of alkyl carbamates (subject to hydrolysis) is 1. The van der Waals surface area contributed by atoms with Crippen LogP contribution in [0.15, 0.2) is 0 Å². The zero-order valence-electron chi connectivity index (χ0n) is 7.86. The van der Waals surface area contributed by atoms with Gasteiger partial charge in [-0.15, -0.1) is 0 Å². The minimum absolute atomic E-state index is 0.131. The van der Waals surface area contributed by atoms with E-state index in [2.05, 4.69) is 10.1 Å². The van der Waals surface area contributed by atoms with Crippen molar-refractivity contribution >= 4 is 12.1 Å². The van der Waals surface area contributed by atoms with Gasteiger partial charge in [-0.05, 0) is 6.92 Å². The Labute approximate surface area is 81.2 Å². The summed E-state index contributed by atoms with van der Waals surface area (Å²) in [4.78, 5) is 21.7. The van der Waals surface area contributed by atoms with Crippen molar-refractivity contribution in [2.45, 2.75) is 13.0 Å². The number of amides is 1. The highest BCUT2D eigenvalue weighted by molar-refractivity contribution is 5.74. The number of ether oxygens (including phenoxy) is 2. The highest BCUT2D eigenvalue weighted by atomic mass is 16.5. The largest absolute Gasteiger partial charge is 0.481 e. The lowest BCUT2D eigenvalue weighted by molar-refractivity contribution is -0.142. The zero-order chi connectivity index (χ0) is 10.6. The van der Waals surface area contributed by atoms with Crippen molar-refractivity contribution in [1.82, 2.24) is 5.32 Å². The number of hydrogen-bond acceptors (Lipinski definition) is 4. The summed E-state index contributed by atoms with van der Waals surface area (Å²) < 4.78 is 9.59. The van der Waals surface area contributed by atoms with Gasteiger partial charge in [-0.3, -0.25) is 4.79 Å². The molecule has 2 N–H and O–H groups in total. The minimum atomic E-state index is -0.968. The highest BCUT2D eigenvalue weighted by Gasteiger charge is 2.35. The van der Waals surface area contributed by atoms with Gasteiger partial charge in [0, 0.05) is 0 Å². The van der Waals surface area contributed by atoms with E-state index in [4.69, 9.17) is 9.84 Å². The normalized spacial score (nSPS) is 25.8. The second-order valence-corrected chi connectivity index (χ2v) is 2.95. The first kappa shape index (κ1) is 10.8. The van der Waals surface area contributed by atoms with Crippen molar-refractivity contribution < 1.29 is 24.2 Å². The van der Waals surface area contributed by atoms with E-state index in [1.807, 2.05) is 0 Å². The van der Waals surface area contributed by atoms with Gasteiger partial charge in [0.05, 0.1) is 25.9 Å². The van der Waals surface area contributed by atoms with Crippen LogP contribution >= 0.6 is 0 Å². The number of aliphatic carboxylic acids is 1. The molecular formula is C8H13NO5. The molecule has 0 saturated carbocycles. The Hall–Kier alpha value is -1.30. The van der Waals surface area contributed by atoms with E-state index in [-0.39, 0.29) is 19.8 Å². The number of rotatable bonds is 3. The van der Waals surface area contributed by atoms with Crippen LogP contribution in [0.4, 0.5) is 4.79 Å². The van der Waals surface area contributed by atoms with Crippen LogP contribution < -0.4 is 5.32 Å². The third-order valence-electron chi connectivity index (χ3n) is 1.98. The SMILES string of the molecule is CCOC(=O)NC1COCC1C(=O)O. The first-order valence-corrected chi connectivity index (χ1v) is 4.39. The van der Waals surface area contributed by atoms with E-state index in [9.17, 15) is 9.59 Å². The fourth-order valence-electron chi connectivity index (χ4n) is 1.26. The summed E-state index contributed by atoms with van der Waals surface area (Å²) in [6, 6.07) is -0.494. The maximum atomic E-state index is 11.0. The Bertz CT molecular complexity index is 230. The summed E-state index contributed by atoms with van der Waals surface area (Å²) in [5, 5.41) is 11.2. The molecule has 1 fully saturated rings. The molecule has 1 saturated heterocycles. The molecule has 0 radical (unpaired) electrons. The van der Waals surface area contributed by atoms with Gasteiger partial charge in [0.2, 0.25) is 0 Å². The maximum Gasteiger partial charge on any atom is 0.407 e. The summed E-state index contributed by atoms with van der Waals surface area (Å²) in [6.45, 7) is 2.29. The number of carboxylic acid groups (broad SMARTS) is 1. The molecule has 0 spiro atoms. The van der Waals surface area contributed by atoms with Crippen LogP contribution in [0, 0.1) is 5.92 Å². The topological polar surface area (TPSA) is 84.9 Å². The molecule has 2 atom stereocenters. The molecule has 14 heavy (non-hydrogen) atoms. The van der Waals surface area contributed by atoms with Gasteiger partial charge in [-0.1, -0.05) is 0 Å². The van der Waals surface area contributed by atoms with Crippen LogP contribution in [0.2, 0.25) is 0 Å². The van der Waals surface area contributed by atoms with E-state index in [1.54, 1.807) is 6.92 Å². The average Bonchev–Trinajstić information content (AvgIpc) is 2.52. The first-order valence-electron chi connectivity index (χ1n) is 4.39. The van der Waals surface area contributed by atoms with Gasteiger partial charge in [0.25, 0.3) is 0 Å². The number of carbonyl (C=O) groups excluding carboxylic acids is 1. The number of hydrogen-bond donors (Lipinski definition) is 2. The summed E-state index contributed by atoms with van der Waals surface area (Å²) >= 11 is 0. The van der Waals surface area contributed by atoms with Gasteiger partial charge < -0.3 is 19.9 Å². The Morgan fingerprint density at radius 1 is 1.57 bits per heavy atom. The fourth-order valence-corrected chi connectivity index (χ4v) is 1.26. The first-order chi connectivity index (χ1) is 6.65. The summed E-state index contributed by atoms with van der Waals surface area (Å²) in [5.74, 6) is -1.65. The number of nitrogens with one attached hydrogen (secondary N) is 1. The molecule has 1 aliphatic rings. The molecule has 6 heteroatoms. The molecule has 2 unspecified atom stereocenters. The van der Waals surface area contributed by atoms with Crippen LogP contribution in [0.1, 0.15) is 6.92 Å². The van der Waals surface area contributed by atoms with Crippen LogP contribution in [0.25, 0.3) is 0 Å². The molecule has 0 bridgehead atoms. The molecule has 0 aromatic rings. The van der Waals surface area contributed by atoms with Gasteiger partial charge in [0.15, 0.2) is 0 Å². The molecule has 0 aromatic heterocycles. The monoisotopic (exact) mass is 203 g/mol. The van der Waals surface area contributed by atoms with Gasteiger partial charge in [-0.2, -0.15) is 0 Å². The van der Waals surface area contributed by atoms with Crippen molar-refractivity contribution in [3.63, 3.8) is 0 Å². The van der Waals surface area contributed by atoms with E-state index < -0.39 is 24.0 Å². The highest BCUT2D eigenvalue weighted by Crippen LogP contribution is 2.13. The molecule has 1 heterocycles. The Kier molecular flexibility index (Phi) is 3.70. The molecule has 0 aromatic carbocycles. The molecule has 80 valence electrons. The molecule has 1 amide bonds. The third kappa shape index (κ3) is 2.59. The summed E-state index contributed by atoms with van der Waals surface area (Å²) in [6.07, 6.45) is -0.603. The summed E-state index contributed by atoms with van der Waals surface area (Å²) in [7, 11) is 0. The Morgan fingerprint density at radius 3 is 2.86 bits per heavy atom. The zero-order valence-corrected chi connectivity index (χ0v) is 7.86. The molecule has 1 rings (SSSR count). The predicted octanol–water partition coefficient (Wildman–Crippen LogP) is -0.168. The lowest BCUT2D eigenvalue weighted by Crippen LogP contribution is -2.42. The standard InChI is InChI=1S/C8H13NO5/c1-2-14-8(12)9-6-4-13-3-5(6)7(10)11/h5-6H,2-4H2,1H3,(H,9,12)(H,10,11). The van der Waals surface area contributed by atoms with Crippen molar-refractivity contribution in [3.8, 4) is 0 Å². The average molecular weight is 203 g/mol. The fraction of sp³-hybridized carbons (Fsp3) is 0.750. The lowest BCUT2D eigenvalue weighted by Gasteiger charge is -2.14. The van der Waals surface area contributed by atoms with Crippen LogP contribution in [0.5, 0.6) is 0 Å². The summed E-state index contributed by atoms with van der Waals surface area (Å²) in [5.41, 5.74) is 0. The van der Waals surface area contributed by atoms with Gasteiger partial charge in [-0.25, -0.2) is 4.79 Å². The quantitative estimate of drug-likeness (QED) is 0.665. The van der Waals surface area contributed by atoms with Crippen LogP contribution in [-0.4, -0.2) is 43.0 Å². The van der Waals surface area contributed by atoms with Crippen LogP contribution in [-0.2, 0) is 14.3 Å². The van der Waals surface area contributed by atoms with Crippen molar-refractivity contribution in [1.29, 1.82) is 0 Å². The second-order valence-electron chi connectivity index (χ2n) is 2.95. The van der Waals surface area contributed by atoms with Gasteiger partial charge in [0.1, 0.15) is 5.92 Å². The van der Waals surface area contributed by atoms with Crippen molar-refractivity contribution in [3.05, 3.63) is 0 Å². The molecular weight excluding hydrogens is 190 g/mol. The number of carboxylic acids is 1. The predicted molar refractivity (Wildman–Crippen MR) is 45.9 cm³/mol. The van der Waals surface area contributed by atoms with E-state index in [0.29, 0.717) is 0 Å².